The molecule has 0 radical (unpaired) electrons. The fourth-order valence-corrected chi connectivity index (χ4v) is 13.4. The lowest BCUT2D eigenvalue weighted by atomic mass is 10.1. The second-order valence-corrected chi connectivity index (χ2v) is 47.1. The molecule has 0 bridgehead atoms. The Bertz CT molecular complexity index is 1380. The van der Waals surface area contributed by atoms with E-state index in [1.54, 1.807) is 0 Å². The predicted molar refractivity (Wildman–Crippen MR) is 496 cm³/mol. The van der Waals surface area contributed by atoms with Gasteiger partial charge in [0.05, 0.1) is 332 Å². The van der Waals surface area contributed by atoms with E-state index in [4.69, 9.17) is 0 Å². The minimum Gasteiger partial charge on any atom is -1.00 e. The van der Waals surface area contributed by atoms with E-state index < -0.39 is 0 Å². The number of rotatable bonds is 66. The Balaban J connectivity index is -0.0000000637. The van der Waals surface area contributed by atoms with Crippen molar-refractivity contribution in [2.75, 3.05) is 332 Å². The predicted octanol–water partition coefficient (Wildman–Crippen LogP) is -14.8. The molecule has 0 aliphatic carbocycles. The molecule has 0 N–H and O–H groups in total. The first-order valence-corrected chi connectivity index (χ1v) is 46.9. The van der Waals surface area contributed by atoms with Gasteiger partial charge in [-0.1, -0.05) is 154 Å². The van der Waals surface area contributed by atoms with Crippen molar-refractivity contribution in [1.82, 2.24) is 0 Å². The minimum absolute atomic E-state index is 0. The van der Waals surface area contributed by atoms with Crippen LogP contribution in [0.1, 0.15) is 308 Å². The van der Waals surface area contributed by atoms with Crippen LogP contribution in [0.15, 0.2) is 0 Å². The Hall–Kier alpha value is 8.28. The van der Waals surface area contributed by atoms with E-state index in [1.807, 2.05) is 0 Å². The third-order valence-corrected chi connectivity index (χ3v) is 20.4. The van der Waals surface area contributed by atoms with Gasteiger partial charge in [0, 0.05) is 0 Å². The highest BCUT2D eigenvalue weighted by molar-refractivity contribution is 4.53. The van der Waals surface area contributed by atoms with Crippen molar-refractivity contribution in [3.8, 4) is 0 Å². The topological polar surface area (TPSA) is 0 Å². The Morgan fingerprint density at radius 2 is 0.100 bits per heavy atom. The highest BCUT2D eigenvalue weighted by atomic mass is 127. The standard InChI is InChI=1S/6C16H38N2.12HI/c6*1-17(2,3)15-13-11-9-7-8-10-12-14-16-18(4,5)6;;;;;;;;;;;;/h6*7-16H2,1-6H3;12*1H/q6*+2;;;;;;;;;;;;/p-12. The summed E-state index contributed by atoms with van der Waals surface area (Å²) < 4.78 is 13.4. The average molecular weight is 3070 g/mol. The van der Waals surface area contributed by atoms with Gasteiger partial charge in [0.2, 0.25) is 0 Å². The van der Waals surface area contributed by atoms with Crippen LogP contribution in [-0.2, 0) is 0 Å². The number of unbranched alkanes of at least 4 members (excludes halogenated alkanes) is 42. The SMILES string of the molecule is C[N+](C)(C)CCCCCCCCCC[N+](C)(C)C.C[N+](C)(C)CCCCCCCCCC[N+](C)(C)C.C[N+](C)(C)CCCCCCCCCC[N+](C)(C)C.C[N+](C)(C)CCCCCCCCCC[N+](C)(C)C.C[N+](C)(C)CCCCCCCCCC[N+](C)(C)C.C[N+](C)(C)CCCCCCCCCC[N+](C)(C)C.[I-].[I-].[I-].[I-].[I-].[I-].[I-].[I-].[I-].[I-].[I-].[I-]. The van der Waals surface area contributed by atoms with Crippen LogP contribution in [0.2, 0.25) is 0 Å². The fraction of sp³-hybridized carbons (Fsp3) is 1.00. The summed E-state index contributed by atoms with van der Waals surface area (Å²) in [6, 6.07) is 0. The average Bonchev–Trinajstić information content (AvgIpc) is 0.941. The summed E-state index contributed by atoms with van der Waals surface area (Å²) in [4.78, 5) is 0. The molecule has 0 saturated carbocycles. The van der Waals surface area contributed by atoms with E-state index in [0.29, 0.717) is 0 Å². The first-order valence-electron chi connectivity index (χ1n) is 46.9. The van der Waals surface area contributed by atoms with Crippen LogP contribution >= 0.6 is 0 Å². The maximum Gasteiger partial charge on any atom is 0.0780 e. The molecule has 12 nitrogen and oxygen atoms in total. The zero-order valence-electron chi connectivity index (χ0n) is 88.3. The van der Waals surface area contributed by atoms with E-state index in [1.165, 1.54) is 387 Å². The maximum atomic E-state index is 2.29. The fourth-order valence-electron chi connectivity index (χ4n) is 13.4. The summed E-state index contributed by atoms with van der Waals surface area (Å²) in [7, 11) is 82.3. The highest BCUT2D eigenvalue weighted by Crippen LogP contribution is 2.17. The van der Waals surface area contributed by atoms with Gasteiger partial charge in [-0.25, -0.2) is 0 Å². The number of hydrogen-bond donors (Lipinski definition) is 0. The number of quaternary nitrogens is 12. The van der Waals surface area contributed by atoms with Gasteiger partial charge < -0.3 is 342 Å². The molecule has 0 spiro atoms. The number of nitrogens with zero attached hydrogens (tertiary/aromatic N) is 12. The van der Waals surface area contributed by atoms with Gasteiger partial charge in [-0.2, -0.15) is 0 Å². The largest absolute Gasteiger partial charge is 1.00 e. The molecular weight excluding hydrogens is 2840 g/mol. The summed E-state index contributed by atoms with van der Waals surface area (Å²) in [6.07, 6.45) is 68.5. The van der Waals surface area contributed by atoms with Gasteiger partial charge in [-0.3, -0.25) is 0 Å². The lowest BCUT2D eigenvalue weighted by Crippen LogP contribution is -3.00. The quantitative estimate of drug-likeness (QED) is 0.0323. The Morgan fingerprint density at radius 3 is 0.133 bits per heavy atom. The zero-order chi connectivity index (χ0) is 84.4. The molecule has 0 aromatic heterocycles. The zero-order valence-corrected chi connectivity index (χ0v) is 114. The van der Waals surface area contributed by atoms with Gasteiger partial charge in [0.25, 0.3) is 0 Å². The summed E-state index contributed by atoms with van der Waals surface area (Å²) in [5.74, 6) is 0. The van der Waals surface area contributed by atoms with Crippen LogP contribution in [-0.4, -0.2) is 386 Å². The molecule has 0 aromatic rings. The highest BCUT2D eigenvalue weighted by Gasteiger charge is 2.14. The van der Waals surface area contributed by atoms with Gasteiger partial charge >= 0.3 is 0 Å². The molecule has 24 heteroatoms. The van der Waals surface area contributed by atoms with E-state index in [0.717, 1.165) is 53.8 Å². The van der Waals surface area contributed by atoms with Gasteiger partial charge in [0.1, 0.15) is 0 Å². The molecule has 0 fully saturated rings. The molecule has 756 valence electrons. The number of halogens is 12. The monoisotopic (exact) mass is 3070 g/mol. The van der Waals surface area contributed by atoms with Crippen LogP contribution in [0.25, 0.3) is 0 Å². The van der Waals surface area contributed by atoms with Crippen molar-refractivity contribution < 1.29 is 342 Å². The van der Waals surface area contributed by atoms with Crippen molar-refractivity contribution >= 4 is 0 Å². The molecule has 0 heterocycles. The molecule has 0 atom stereocenters. The van der Waals surface area contributed by atoms with E-state index in [-0.39, 0.29) is 288 Å². The minimum atomic E-state index is 0. The first-order chi connectivity index (χ1) is 49.2. The number of hydrogen-bond acceptors (Lipinski definition) is 0. The van der Waals surface area contributed by atoms with Crippen molar-refractivity contribution in [3.63, 3.8) is 0 Å². The van der Waals surface area contributed by atoms with Crippen molar-refractivity contribution in [3.05, 3.63) is 0 Å². The molecule has 120 heavy (non-hydrogen) atoms. The molecule has 0 saturated heterocycles. The van der Waals surface area contributed by atoms with Crippen LogP contribution in [0.5, 0.6) is 0 Å². The van der Waals surface area contributed by atoms with E-state index >= 15 is 0 Å². The second-order valence-electron chi connectivity index (χ2n) is 47.1. The Labute approximate surface area is 968 Å². The molecule has 0 unspecified atom stereocenters. The Morgan fingerprint density at radius 1 is 0.0667 bits per heavy atom. The van der Waals surface area contributed by atoms with Gasteiger partial charge in [-0.15, -0.1) is 0 Å². The summed E-state index contributed by atoms with van der Waals surface area (Å²) in [6.45, 7) is 15.9. The van der Waals surface area contributed by atoms with Crippen LogP contribution < -0.4 is 288 Å². The van der Waals surface area contributed by atoms with E-state index in [9.17, 15) is 0 Å². The van der Waals surface area contributed by atoms with Gasteiger partial charge in [-0.05, 0) is 154 Å². The normalized spacial score (nSPS) is 11.7. The van der Waals surface area contributed by atoms with Crippen molar-refractivity contribution in [1.29, 1.82) is 0 Å². The van der Waals surface area contributed by atoms with Crippen molar-refractivity contribution in [2.45, 2.75) is 308 Å². The first kappa shape index (κ1) is 171. The maximum absolute atomic E-state index is 2.29. The summed E-state index contributed by atoms with van der Waals surface area (Å²) in [5, 5.41) is 0. The molecular formula is C96H228I12N12. The molecule has 0 rings (SSSR count). The third-order valence-electron chi connectivity index (χ3n) is 20.4. The summed E-state index contributed by atoms with van der Waals surface area (Å²) in [5.41, 5.74) is 0. The van der Waals surface area contributed by atoms with Crippen LogP contribution in [0, 0.1) is 0 Å². The molecule has 0 amide bonds. The Kier molecular flexibility index (Phi) is 147. The smallest absolute Gasteiger partial charge is 0.0780 e. The van der Waals surface area contributed by atoms with Crippen molar-refractivity contribution in [2.24, 2.45) is 0 Å². The van der Waals surface area contributed by atoms with Gasteiger partial charge in [0.15, 0.2) is 0 Å². The molecule has 0 aliphatic rings. The van der Waals surface area contributed by atoms with E-state index in [2.05, 4.69) is 254 Å². The lowest BCUT2D eigenvalue weighted by molar-refractivity contribution is -0.870. The second kappa shape index (κ2) is 103. The summed E-state index contributed by atoms with van der Waals surface area (Å²) >= 11 is 0. The molecule has 0 aliphatic heterocycles. The third kappa shape index (κ3) is 205. The van der Waals surface area contributed by atoms with Crippen LogP contribution in [0.3, 0.4) is 0 Å². The molecule has 0 aromatic carbocycles. The van der Waals surface area contributed by atoms with Crippen LogP contribution in [0.4, 0.5) is 0 Å². The lowest BCUT2D eigenvalue weighted by Gasteiger charge is -2.23.